The first-order valence-electron chi connectivity index (χ1n) is 7.14. The zero-order valence-corrected chi connectivity index (χ0v) is 14.3. The summed E-state index contributed by atoms with van der Waals surface area (Å²) in [7, 11) is 1.28. The highest BCUT2D eigenvalue weighted by molar-refractivity contribution is 7.16. The SMILES string of the molecule is CCc1c(C)sc(NC(=O)c2ccnn2CC(=O)O)c1C(=O)OC. The summed E-state index contributed by atoms with van der Waals surface area (Å²) < 4.78 is 5.88. The Kier molecular flexibility index (Phi) is 5.35. The highest BCUT2D eigenvalue weighted by Crippen LogP contribution is 2.34. The minimum atomic E-state index is -1.11. The van der Waals surface area contributed by atoms with Crippen molar-refractivity contribution >= 4 is 34.2 Å². The lowest BCUT2D eigenvalue weighted by atomic mass is 10.1. The second kappa shape index (κ2) is 7.26. The molecule has 9 heteroatoms. The predicted molar refractivity (Wildman–Crippen MR) is 87.6 cm³/mol. The van der Waals surface area contributed by atoms with Gasteiger partial charge in [0.25, 0.3) is 5.91 Å². The smallest absolute Gasteiger partial charge is 0.341 e. The van der Waals surface area contributed by atoms with Crippen LogP contribution in [0.15, 0.2) is 12.3 Å². The summed E-state index contributed by atoms with van der Waals surface area (Å²) in [5.74, 6) is -2.17. The van der Waals surface area contributed by atoms with Gasteiger partial charge in [0.15, 0.2) is 0 Å². The Morgan fingerprint density at radius 1 is 1.42 bits per heavy atom. The summed E-state index contributed by atoms with van der Waals surface area (Å²) in [6, 6.07) is 1.41. The van der Waals surface area contributed by atoms with Crippen molar-refractivity contribution in [2.75, 3.05) is 12.4 Å². The average molecular weight is 351 g/mol. The normalized spacial score (nSPS) is 10.5. The lowest BCUT2D eigenvalue weighted by molar-refractivity contribution is -0.137. The third-order valence-corrected chi connectivity index (χ3v) is 4.48. The number of nitrogens with one attached hydrogen (secondary N) is 1. The number of hydrogen-bond donors (Lipinski definition) is 2. The van der Waals surface area contributed by atoms with Crippen LogP contribution in [-0.4, -0.2) is 39.8 Å². The molecule has 2 aromatic rings. The van der Waals surface area contributed by atoms with E-state index in [0.29, 0.717) is 17.0 Å². The van der Waals surface area contributed by atoms with Gasteiger partial charge in [0.2, 0.25) is 0 Å². The number of aliphatic carboxylic acids is 1. The lowest BCUT2D eigenvalue weighted by Crippen LogP contribution is -2.21. The largest absolute Gasteiger partial charge is 0.480 e. The van der Waals surface area contributed by atoms with E-state index in [4.69, 9.17) is 9.84 Å². The molecule has 0 atom stereocenters. The Hall–Kier alpha value is -2.68. The summed E-state index contributed by atoms with van der Waals surface area (Å²) in [4.78, 5) is 36.2. The molecule has 2 heterocycles. The monoisotopic (exact) mass is 351 g/mol. The number of carboxylic acid groups (broad SMARTS) is 1. The summed E-state index contributed by atoms with van der Waals surface area (Å²) in [6.45, 7) is 3.35. The molecule has 0 bridgehead atoms. The number of aryl methyl sites for hydroxylation is 1. The van der Waals surface area contributed by atoms with E-state index in [9.17, 15) is 14.4 Å². The zero-order valence-electron chi connectivity index (χ0n) is 13.5. The van der Waals surface area contributed by atoms with Gasteiger partial charge in [-0.05, 0) is 25.0 Å². The summed E-state index contributed by atoms with van der Waals surface area (Å²) >= 11 is 1.28. The number of rotatable bonds is 6. The molecule has 0 spiro atoms. The topological polar surface area (TPSA) is 111 Å². The number of esters is 1. The van der Waals surface area contributed by atoms with Crippen LogP contribution in [0.25, 0.3) is 0 Å². The Morgan fingerprint density at radius 2 is 2.12 bits per heavy atom. The van der Waals surface area contributed by atoms with E-state index in [1.54, 1.807) is 0 Å². The minimum Gasteiger partial charge on any atom is -0.480 e. The third kappa shape index (κ3) is 3.46. The second-order valence-corrected chi connectivity index (χ2v) is 6.13. The van der Waals surface area contributed by atoms with Crippen molar-refractivity contribution < 1.29 is 24.2 Å². The van der Waals surface area contributed by atoms with Crippen molar-refractivity contribution in [2.24, 2.45) is 0 Å². The van der Waals surface area contributed by atoms with Crippen LogP contribution in [-0.2, 0) is 22.5 Å². The van der Waals surface area contributed by atoms with Crippen LogP contribution in [0.2, 0.25) is 0 Å². The van der Waals surface area contributed by atoms with E-state index in [-0.39, 0.29) is 5.69 Å². The molecule has 0 saturated heterocycles. The van der Waals surface area contributed by atoms with Gasteiger partial charge in [-0.25, -0.2) is 9.48 Å². The van der Waals surface area contributed by atoms with Crippen LogP contribution in [0.4, 0.5) is 5.00 Å². The molecule has 128 valence electrons. The van der Waals surface area contributed by atoms with E-state index < -0.39 is 24.4 Å². The molecule has 0 aliphatic heterocycles. The van der Waals surface area contributed by atoms with Gasteiger partial charge in [-0.3, -0.25) is 9.59 Å². The highest BCUT2D eigenvalue weighted by atomic mass is 32.1. The first kappa shape index (κ1) is 17.7. The van der Waals surface area contributed by atoms with Crippen molar-refractivity contribution in [1.29, 1.82) is 0 Å². The maximum atomic E-state index is 12.4. The van der Waals surface area contributed by atoms with Crippen LogP contribution < -0.4 is 5.32 Å². The van der Waals surface area contributed by atoms with Crippen molar-refractivity contribution in [3.8, 4) is 0 Å². The highest BCUT2D eigenvalue weighted by Gasteiger charge is 2.24. The van der Waals surface area contributed by atoms with Crippen molar-refractivity contribution in [1.82, 2.24) is 9.78 Å². The summed E-state index contributed by atoms with van der Waals surface area (Å²) in [5.41, 5.74) is 1.25. The third-order valence-electron chi connectivity index (χ3n) is 3.41. The zero-order chi connectivity index (χ0) is 17.9. The molecule has 1 amide bonds. The Morgan fingerprint density at radius 3 is 2.71 bits per heavy atom. The van der Waals surface area contributed by atoms with Crippen LogP contribution in [0.5, 0.6) is 0 Å². The molecule has 0 aliphatic rings. The summed E-state index contributed by atoms with van der Waals surface area (Å²) in [5, 5.41) is 15.7. The molecule has 0 aliphatic carbocycles. The molecular formula is C15H17N3O5S. The maximum absolute atomic E-state index is 12.4. The molecule has 0 aromatic carbocycles. The quantitative estimate of drug-likeness (QED) is 0.770. The van der Waals surface area contributed by atoms with Gasteiger partial charge in [0, 0.05) is 11.1 Å². The molecule has 2 aromatic heterocycles. The fraction of sp³-hybridized carbons (Fsp3) is 0.333. The van der Waals surface area contributed by atoms with Crippen LogP contribution >= 0.6 is 11.3 Å². The Balaban J connectivity index is 2.35. The van der Waals surface area contributed by atoms with Crippen LogP contribution in [0.3, 0.4) is 0 Å². The first-order valence-corrected chi connectivity index (χ1v) is 7.96. The maximum Gasteiger partial charge on any atom is 0.341 e. The van der Waals surface area contributed by atoms with E-state index in [0.717, 1.165) is 15.1 Å². The van der Waals surface area contributed by atoms with Gasteiger partial charge in [-0.1, -0.05) is 6.92 Å². The molecule has 24 heavy (non-hydrogen) atoms. The molecule has 8 nitrogen and oxygen atoms in total. The van der Waals surface area contributed by atoms with E-state index in [2.05, 4.69) is 10.4 Å². The van der Waals surface area contributed by atoms with Gasteiger partial charge >= 0.3 is 11.9 Å². The van der Waals surface area contributed by atoms with E-state index in [1.165, 1.54) is 30.7 Å². The molecule has 0 fully saturated rings. The van der Waals surface area contributed by atoms with Crippen LogP contribution in [0, 0.1) is 6.92 Å². The number of aromatic nitrogens is 2. The number of hydrogen-bond acceptors (Lipinski definition) is 6. The summed E-state index contributed by atoms with van der Waals surface area (Å²) in [6.07, 6.45) is 1.97. The molecule has 0 radical (unpaired) electrons. The first-order chi connectivity index (χ1) is 11.4. The number of amides is 1. The van der Waals surface area contributed by atoms with Crippen molar-refractivity contribution in [3.05, 3.63) is 34.0 Å². The number of carbonyl (C=O) groups is 3. The van der Waals surface area contributed by atoms with Crippen molar-refractivity contribution in [2.45, 2.75) is 26.8 Å². The molecular weight excluding hydrogens is 334 g/mol. The second-order valence-electron chi connectivity index (χ2n) is 4.91. The average Bonchev–Trinajstić information content (AvgIpc) is 3.09. The fourth-order valence-electron chi connectivity index (χ4n) is 2.36. The van der Waals surface area contributed by atoms with Crippen molar-refractivity contribution in [3.63, 3.8) is 0 Å². The van der Waals surface area contributed by atoms with Gasteiger partial charge in [0.1, 0.15) is 17.2 Å². The molecule has 0 unspecified atom stereocenters. The number of thiophene rings is 1. The number of carbonyl (C=O) groups excluding carboxylic acids is 2. The Labute approximate surface area is 142 Å². The fourth-order valence-corrected chi connectivity index (χ4v) is 3.49. The van der Waals surface area contributed by atoms with Gasteiger partial charge in [0.05, 0.1) is 12.7 Å². The van der Waals surface area contributed by atoms with Gasteiger partial charge in [-0.2, -0.15) is 5.10 Å². The number of ether oxygens (including phenoxy) is 1. The Bertz CT molecular complexity index is 793. The number of nitrogens with zero attached hydrogens (tertiary/aromatic N) is 2. The molecule has 0 saturated carbocycles. The van der Waals surface area contributed by atoms with Crippen LogP contribution in [0.1, 0.15) is 38.2 Å². The van der Waals surface area contributed by atoms with Gasteiger partial charge in [-0.15, -0.1) is 11.3 Å². The van der Waals surface area contributed by atoms with Gasteiger partial charge < -0.3 is 15.2 Å². The standard InChI is InChI=1S/C15H17N3O5S/c1-4-9-8(2)24-14(12(9)15(22)23-3)17-13(21)10-5-6-16-18(10)7-11(19)20/h5-6H,4,7H2,1-3H3,(H,17,21)(H,19,20). The molecule has 2 N–H and O–H groups in total. The number of anilines is 1. The number of carboxylic acids is 1. The minimum absolute atomic E-state index is 0.0947. The van der Waals surface area contributed by atoms with E-state index in [1.807, 2.05) is 13.8 Å². The predicted octanol–water partition coefficient (Wildman–Crippen LogP) is 1.94. The number of methoxy groups -OCH3 is 1. The lowest BCUT2D eigenvalue weighted by Gasteiger charge is -2.08. The molecule has 2 rings (SSSR count). The van der Waals surface area contributed by atoms with E-state index >= 15 is 0 Å².